The monoisotopic (exact) mass is 173 g/mol. The van der Waals surface area contributed by atoms with Crippen LogP contribution < -0.4 is 5.73 Å². The molecule has 1 amide bonds. The van der Waals surface area contributed by atoms with Crippen LogP contribution in [0.25, 0.3) is 0 Å². The van der Waals surface area contributed by atoms with Crippen LogP contribution in [0.1, 0.15) is 13.3 Å². The second-order valence-corrected chi connectivity index (χ2v) is 0.820. The Bertz CT molecular complexity index is 52.2. The Kier molecular flexibility index (Phi) is 261. The second-order valence-electron chi connectivity index (χ2n) is 0.820. The van der Waals surface area contributed by atoms with Gasteiger partial charge in [-0.25, -0.2) is 0 Å². The summed E-state index contributed by atoms with van der Waals surface area (Å²) in [4.78, 5) is 9.59. The Morgan fingerprint density at radius 2 is 1.20 bits per heavy atom. The fourth-order valence-electron chi connectivity index (χ4n) is 0. The number of halogens is 5. The van der Waals surface area contributed by atoms with E-state index in [1.807, 2.05) is 0 Å². The largest absolute Gasteiger partial charge is 0.370 e. The van der Waals surface area contributed by atoms with Gasteiger partial charge in [0.05, 0.1) is 0 Å². The van der Waals surface area contributed by atoms with Crippen molar-refractivity contribution in [1.82, 2.24) is 0 Å². The molecule has 0 aromatic carbocycles. The molecule has 2 nitrogen and oxygen atoms in total. The van der Waals surface area contributed by atoms with Gasteiger partial charge in [0.25, 0.3) is 0 Å². The van der Waals surface area contributed by atoms with Crippen molar-refractivity contribution in [2.45, 2.75) is 13.3 Å². The van der Waals surface area contributed by atoms with Crippen LogP contribution in [0, 0.1) is 0 Å². The number of hydrogen-bond donors (Lipinski definition) is 1. The minimum absolute atomic E-state index is 0. The predicted molar refractivity (Wildman–Crippen MR) is 32.0 cm³/mol. The highest BCUT2D eigenvalue weighted by atomic mass is 19.0. The summed E-state index contributed by atoms with van der Waals surface area (Å²) < 4.78 is 0. The number of amides is 1. The van der Waals surface area contributed by atoms with Crippen LogP contribution in [0.15, 0.2) is 0 Å². The quantitative estimate of drug-likeness (QED) is 0.581. The minimum Gasteiger partial charge on any atom is -0.370 e. The van der Waals surface area contributed by atoms with Gasteiger partial charge in [-0.2, -0.15) is 0 Å². The van der Waals surface area contributed by atoms with Gasteiger partial charge in [-0.15, -0.1) is 0 Å². The molecule has 0 aromatic rings. The van der Waals surface area contributed by atoms with E-state index in [0.29, 0.717) is 6.42 Å². The van der Waals surface area contributed by atoms with Gasteiger partial charge in [-0.3, -0.25) is 28.3 Å². The molecule has 0 atom stereocenters. The van der Waals surface area contributed by atoms with E-state index in [-0.39, 0.29) is 29.4 Å². The van der Waals surface area contributed by atoms with Crippen LogP contribution in [0.5, 0.6) is 0 Å². The predicted octanol–water partition coefficient (Wildman–Crippen LogP) is 0.644. The molecule has 10 heavy (non-hydrogen) atoms. The van der Waals surface area contributed by atoms with Crippen LogP contribution in [0.2, 0.25) is 0 Å². The molecule has 2 N–H and O–H groups in total. The summed E-state index contributed by atoms with van der Waals surface area (Å²) >= 11 is 0. The summed E-state index contributed by atoms with van der Waals surface area (Å²) in [5.41, 5.74) is 4.65. The van der Waals surface area contributed by atoms with Gasteiger partial charge in [0, 0.05) is 6.42 Å². The summed E-state index contributed by atoms with van der Waals surface area (Å²) in [6.45, 7) is 1.72. The Morgan fingerprint density at radius 1 is 1.10 bits per heavy atom. The molecule has 0 saturated heterocycles. The molecule has 70 valence electrons. The van der Waals surface area contributed by atoms with E-state index in [2.05, 4.69) is 5.73 Å². The molecule has 0 unspecified atom stereocenters. The Hall–Kier alpha value is -0.880. The number of carbonyl (C=O) groups is 1. The molecule has 7 heteroatoms. The third-order valence-corrected chi connectivity index (χ3v) is 0.348. The molecule has 0 aromatic heterocycles. The van der Waals surface area contributed by atoms with Gasteiger partial charge in [0.15, 0.2) is 0 Å². The van der Waals surface area contributed by atoms with Gasteiger partial charge in [-0.05, 0) is 0 Å². The van der Waals surface area contributed by atoms with Gasteiger partial charge in [-0.1, -0.05) is 6.92 Å². The van der Waals surface area contributed by atoms with Crippen molar-refractivity contribution in [2.24, 2.45) is 5.73 Å². The molecular weight excluding hydrogens is 161 g/mol. The van der Waals surface area contributed by atoms with Crippen LogP contribution in [0.3, 0.4) is 0 Å². The highest BCUT2D eigenvalue weighted by Crippen LogP contribution is 1.63. The number of hydrogen-bond acceptors (Lipinski definition) is 1. The molecule has 0 aliphatic rings. The lowest BCUT2D eigenvalue weighted by molar-refractivity contribution is -0.117. The maximum Gasteiger partial charge on any atom is 0.217 e. The first-order chi connectivity index (χ1) is 2.27. The van der Waals surface area contributed by atoms with E-state index in [4.69, 9.17) is 0 Å². The highest BCUT2D eigenvalue weighted by Gasteiger charge is 1.77. The molecule has 0 aliphatic heterocycles. The summed E-state index contributed by atoms with van der Waals surface area (Å²) in [5, 5.41) is 0. The number of rotatable bonds is 1. The standard InChI is InChI=1S/C3H7NO.5FH/c1-2-3(4)5;;;;;/h2H2,1H3,(H2,4,5);5*1H. The third kappa shape index (κ3) is 213. The number of primary amides is 1. The van der Waals surface area contributed by atoms with Gasteiger partial charge in [0.2, 0.25) is 5.91 Å². The van der Waals surface area contributed by atoms with Gasteiger partial charge < -0.3 is 5.73 Å². The Balaban J connectivity index is -0.00000000800. The van der Waals surface area contributed by atoms with Crippen molar-refractivity contribution in [3.8, 4) is 0 Å². The van der Waals surface area contributed by atoms with Gasteiger partial charge >= 0.3 is 0 Å². The molecule has 0 bridgehead atoms. The second kappa shape index (κ2) is 42.3. The fourth-order valence-corrected chi connectivity index (χ4v) is 0. The average molecular weight is 173 g/mol. The van der Waals surface area contributed by atoms with E-state index >= 15 is 0 Å². The highest BCUT2D eigenvalue weighted by molar-refractivity contribution is 5.73. The zero-order chi connectivity index (χ0) is 4.28. The van der Waals surface area contributed by atoms with E-state index < -0.39 is 0 Å². The molecule has 0 fully saturated rings. The summed E-state index contributed by atoms with van der Waals surface area (Å²) in [6.07, 6.45) is 0.444. The van der Waals surface area contributed by atoms with E-state index in [0.717, 1.165) is 0 Å². The summed E-state index contributed by atoms with van der Waals surface area (Å²) in [7, 11) is 0. The third-order valence-electron chi connectivity index (χ3n) is 0.348. The zero-order valence-electron chi connectivity index (χ0n) is 5.23. The molecule has 0 radical (unpaired) electrons. The first-order valence-electron chi connectivity index (χ1n) is 1.55. The van der Waals surface area contributed by atoms with Gasteiger partial charge in [0.1, 0.15) is 0 Å². The molecule has 0 rings (SSSR count). The van der Waals surface area contributed by atoms with Crippen molar-refractivity contribution in [1.29, 1.82) is 0 Å². The maximum absolute atomic E-state index is 9.59. The van der Waals surface area contributed by atoms with E-state index in [1.54, 1.807) is 6.92 Å². The van der Waals surface area contributed by atoms with Crippen molar-refractivity contribution in [3.05, 3.63) is 0 Å². The van der Waals surface area contributed by atoms with Crippen molar-refractivity contribution in [3.63, 3.8) is 0 Å². The van der Waals surface area contributed by atoms with E-state index in [1.165, 1.54) is 0 Å². The molecule has 0 heterocycles. The topological polar surface area (TPSA) is 43.1 Å². The van der Waals surface area contributed by atoms with E-state index in [9.17, 15) is 4.79 Å². The van der Waals surface area contributed by atoms with Crippen LogP contribution >= 0.6 is 0 Å². The molecule has 0 spiro atoms. The zero-order valence-corrected chi connectivity index (χ0v) is 5.23. The first-order valence-corrected chi connectivity index (χ1v) is 1.55. The maximum atomic E-state index is 9.59. The normalized spacial score (nSPS) is 3.70. The SMILES string of the molecule is CCC(N)=O.F.F.F.F.F. The molecule has 0 aliphatic carbocycles. The lowest BCUT2D eigenvalue weighted by Gasteiger charge is -1.73. The number of carbonyl (C=O) groups excluding carboxylic acids is 1. The summed E-state index contributed by atoms with van der Waals surface area (Å²) in [5.74, 6) is -0.245. The van der Waals surface area contributed by atoms with Crippen molar-refractivity contribution in [2.75, 3.05) is 0 Å². The Labute approximate surface area is 54.6 Å². The Morgan fingerprint density at radius 3 is 1.20 bits per heavy atom. The van der Waals surface area contributed by atoms with Crippen LogP contribution in [-0.2, 0) is 4.79 Å². The first kappa shape index (κ1) is 61.8. The fraction of sp³-hybridized carbons (Fsp3) is 0.667. The lowest BCUT2D eigenvalue weighted by atomic mass is 10.5. The smallest absolute Gasteiger partial charge is 0.217 e. The van der Waals surface area contributed by atoms with Crippen molar-refractivity contribution >= 4 is 5.91 Å². The summed E-state index contributed by atoms with van der Waals surface area (Å²) in [6, 6.07) is 0. The minimum atomic E-state index is -0.245. The van der Waals surface area contributed by atoms with Crippen LogP contribution in [0.4, 0.5) is 23.5 Å². The molecular formula is C3H12F5NO. The van der Waals surface area contributed by atoms with Crippen molar-refractivity contribution < 1.29 is 28.3 Å². The molecule has 0 saturated carbocycles. The average Bonchev–Trinajstić information content (AvgIpc) is 1.38. The number of nitrogens with two attached hydrogens (primary N) is 1. The lowest BCUT2D eigenvalue weighted by Crippen LogP contribution is -2.06. The van der Waals surface area contributed by atoms with Crippen LogP contribution in [-0.4, -0.2) is 5.91 Å².